The maximum atomic E-state index is 13.1. The molecule has 1 aromatic carbocycles. The van der Waals surface area contributed by atoms with Gasteiger partial charge in [-0.3, -0.25) is 19.2 Å². The molecule has 1 aliphatic heterocycles. The average Bonchev–Trinajstić information content (AvgIpc) is 3.31. The van der Waals surface area contributed by atoms with Crippen LogP contribution in [0.4, 0.5) is 0 Å². The van der Waals surface area contributed by atoms with Crippen LogP contribution in [0.15, 0.2) is 24.3 Å². The summed E-state index contributed by atoms with van der Waals surface area (Å²) < 4.78 is 0. The molecule has 1 unspecified atom stereocenters. The number of ketones is 1. The van der Waals surface area contributed by atoms with Crippen molar-refractivity contribution in [2.75, 3.05) is 12.3 Å². The van der Waals surface area contributed by atoms with Crippen LogP contribution >= 0.6 is 23.4 Å². The third kappa shape index (κ3) is 9.29. The van der Waals surface area contributed by atoms with Gasteiger partial charge in [-0.1, -0.05) is 37.6 Å². The van der Waals surface area contributed by atoms with Crippen molar-refractivity contribution < 1.29 is 19.2 Å². The predicted octanol–water partition coefficient (Wildman–Crippen LogP) is 3.28. The van der Waals surface area contributed by atoms with Gasteiger partial charge in [-0.15, -0.1) is 0 Å². The van der Waals surface area contributed by atoms with Gasteiger partial charge < -0.3 is 16.0 Å². The van der Waals surface area contributed by atoms with Gasteiger partial charge >= 0.3 is 0 Å². The molecule has 0 saturated carbocycles. The van der Waals surface area contributed by atoms with Gasteiger partial charge in [0.15, 0.2) is 0 Å². The fourth-order valence-corrected chi connectivity index (χ4v) is 5.34. The zero-order valence-electron chi connectivity index (χ0n) is 20.2. The molecule has 188 valence electrons. The normalized spacial score (nSPS) is 17.1. The number of thioether (sulfide) groups is 1. The van der Waals surface area contributed by atoms with Crippen LogP contribution in [0.1, 0.15) is 58.4 Å². The van der Waals surface area contributed by atoms with Crippen LogP contribution in [0.3, 0.4) is 0 Å². The first-order valence-corrected chi connectivity index (χ1v) is 13.4. The second-order valence-corrected chi connectivity index (χ2v) is 10.8. The van der Waals surface area contributed by atoms with Gasteiger partial charge in [0.05, 0.1) is 0 Å². The molecule has 9 heteroatoms. The second-order valence-electron chi connectivity index (χ2n) is 8.93. The lowest BCUT2D eigenvalue weighted by Crippen LogP contribution is -2.56. The Hall–Kier alpha value is -2.06. The summed E-state index contributed by atoms with van der Waals surface area (Å²) in [5.41, 5.74) is 0.752. The second kappa shape index (κ2) is 14.4. The van der Waals surface area contributed by atoms with E-state index in [1.165, 1.54) is 18.6 Å². The van der Waals surface area contributed by atoms with Crippen molar-refractivity contribution in [3.8, 4) is 0 Å². The first-order chi connectivity index (χ1) is 16.2. The summed E-state index contributed by atoms with van der Waals surface area (Å²) in [5, 5.41) is 9.20. The standard InChI is InChI=1S/C25H36ClN3O4S/c1-4-27-25(33)23(31)20(15-17-10-12-18(26)13-11-17)28-24(32)22(16(2)3)29-21(30)9-5-7-19-8-6-14-34-19/h10-13,16,19-20,22H,4-9,14-15H2,1-3H3,(H,27,33)(H,28,32)(H,29,30)/t19?,20-,22-/m0/s1. The Kier molecular flexibility index (Phi) is 11.9. The van der Waals surface area contributed by atoms with Gasteiger partial charge in [-0.2, -0.15) is 11.8 Å². The zero-order chi connectivity index (χ0) is 25.1. The highest BCUT2D eigenvalue weighted by molar-refractivity contribution is 8.00. The molecule has 3 amide bonds. The van der Waals surface area contributed by atoms with Crippen molar-refractivity contribution >= 4 is 46.9 Å². The lowest BCUT2D eigenvalue weighted by molar-refractivity contribution is -0.140. The molecule has 0 aromatic heterocycles. The van der Waals surface area contributed by atoms with Crippen molar-refractivity contribution in [2.45, 2.75) is 76.6 Å². The van der Waals surface area contributed by atoms with Crippen LogP contribution in [-0.4, -0.2) is 53.1 Å². The van der Waals surface area contributed by atoms with E-state index < -0.39 is 29.7 Å². The highest BCUT2D eigenvalue weighted by Crippen LogP contribution is 2.29. The molecule has 2 rings (SSSR count). The summed E-state index contributed by atoms with van der Waals surface area (Å²) >= 11 is 7.91. The average molecular weight is 510 g/mol. The minimum Gasteiger partial charge on any atom is -0.350 e. The van der Waals surface area contributed by atoms with E-state index >= 15 is 0 Å². The van der Waals surface area contributed by atoms with Gasteiger partial charge in [0, 0.05) is 29.7 Å². The third-order valence-electron chi connectivity index (χ3n) is 5.77. The van der Waals surface area contributed by atoms with Gasteiger partial charge in [-0.05, 0) is 62.0 Å². The van der Waals surface area contributed by atoms with Gasteiger partial charge in [-0.25, -0.2) is 0 Å². The van der Waals surface area contributed by atoms with E-state index in [1.807, 2.05) is 25.6 Å². The Morgan fingerprint density at radius 1 is 1.12 bits per heavy atom. The number of nitrogens with one attached hydrogen (secondary N) is 3. The number of benzene rings is 1. The number of rotatable bonds is 13. The molecule has 0 aliphatic carbocycles. The minimum atomic E-state index is -1.06. The maximum absolute atomic E-state index is 13.1. The van der Waals surface area contributed by atoms with E-state index in [4.69, 9.17) is 11.6 Å². The lowest BCUT2D eigenvalue weighted by atomic mass is 9.98. The molecular formula is C25H36ClN3O4S. The Labute approximate surface area is 211 Å². The van der Waals surface area contributed by atoms with Crippen molar-refractivity contribution in [3.63, 3.8) is 0 Å². The van der Waals surface area contributed by atoms with E-state index in [1.54, 1.807) is 31.2 Å². The smallest absolute Gasteiger partial charge is 0.289 e. The number of halogens is 1. The molecule has 3 N–H and O–H groups in total. The fraction of sp³-hybridized carbons (Fsp3) is 0.600. The summed E-state index contributed by atoms with van der Waals surface area (Å²) in [4.78, 5) is 50.6. The summed E-state index contributed by atoms with van der Waals surface area (Å²) in [7, 11) is 0. The Bertz CT molecular complexity index is 841. The van der Waals surface area contributed by atoms with E-state index in [0.717, 1.165) is 18.4 Å². The highest BCUT2D eigenvalue weighted by Gasteiger charge is 2.31. The topological polar surface area (TPSA) is 104 Å². The Balaban J connectivity index is 2.02. The van der Waals surface area contributed by atoms with Gasteiger partial charge in [0.2, 0.25) is 17.6 Å². The monoisotopic (exact) mass is 509 g/mol. The van der Waals surface area contributed by atoms with Crippen molar-refractivity contribution in [1.82, 2.24) is 16.0 Å². The van der Waals surface area contributed by atoms with Gasteiger partial charge in [0.25, 0.3) is 5.91 Å². The van der Waals surface area contributed by atoms with Crippen LogP contribution in [-0.2, 0) is 25.6 Å². The number of hydrogen-bond acceptors (Lipinski definition) is 5. The molecule has 0 bridgehead atoms. The molecule has 1 aliphatic rings. The highest BCUT2D eigenvalue weighted by atomic mass is 35.5. The summed E-state index contributed by atoms with van der Waals surface area (Å²) in [6.45, 7) is 5.68. The molecular weight excluding hydrogens is 474 g/mol. The largest absolute Gasteiger partial charge is 0.350 e. The quantitative estimate of drug-likeness (QED) is 0.354. The molecule has 1 saturated heterocycles. The molecule has 7 nitrogen and oxygen atoms in total. The zero-order valence-corrected chi connectivity index (χ0v) is 21.8. The van der Waals surface area contributed by atoms with Crippen LogP contribution in [0.25, 0.3) is 0 Å². The number of hydrogen-bond donors (Lipinski definition) is 3. The predicted molar refractivity (Wildman–Crippen MR) is 137 cm³/mol. The summed E-state index contributed by atoms with van der Waals surface area (Å²) in [6.07, 6.45) is 4.73. The Morgan fingerprint density at radius 2 is 1.82 bits per heavy atom. The molecule has 0 radical (unpaired) electrons. The number of carbonyl (C=O) groups excluding carboxylic acids is 4. The number of carbonyl (C=O) groups is 4. The molecule has 1 heterocycles. The summed E-state index contributed by atoms with van der Waals surface area (Å²) in [6, 6.07) is 5.01. The molecule has 1 aromatic rings. The molecule has 3 atom stereocenters. The third-order valence-corrected chi connectivity index (χ3v) is 7.49. The number of amides is 3. The fourth-order valence-electron chi connectivity index (χ4n) is 3.88. The van der Waals surface area contributed by atoms with Crippen molar-refractivity contribution in [2.24, 2.45) is 5.92 Å². The van der Waals surface area contributed by atoms with E-state index in [9.17, 15) is 19.2 Å². The Morgan fingerprint density at radius 3 is 2.41 bits per heavy atom. The van der Waals surface area contributed by atoms with Gasteiger partial charge in [0.1, 0.15) is 12.1 Å². The first-order valence-electron chi connectivity index (χ1n) is 12.0. The van der Waals surface area contributed by atoms with Crippen molar-refractivity contribution in [1.29, 1.82) is 0 Å². The SMILES string of the molecule is CCNC(=O)C(=O)[C@H](Cc1ccc(Cl)cc1)NC(=O)[C@@H](NC(=O)CCCC1CCCS1)C(C)C. The molecule has 0 spiro atoms. The van der Waals surface area contributed by atoms with E-state index in [2.05, 4.69) is 16.0 Å². The summed E-state index contributed by atoms with van der Waals surface area (Å²) in [5.74, 6) is -1.14. The first kappa shape index (κ1) is 28.2. The van der Waals surface area contributed by atoms with E-state index in [-0.39, 0.29) is 18.2 Å². The maximum Gasteiger partial charge on any atom is 0.289 e. The lowest BCUT2D eigenvalue weighted by Gasteiger charge is -2.25. The number of Topliss-reactive ketones (excluding diaryl/α,β-unsaturated/α-hetero) is 1. The number of likely N-dealkylation sites (N-methyl/N-ethyl adjacent to an activating group) is 1. The molecule has 34 heavy (non-hydrogen) atoms. The molecule has 1 fully saturated rings. The van der Waals surface area contributed by atoms with Crippen molar-refractivity contribution in [3.05, 3.63) is 34.9 Å². The minimum absolute atomic E-state index is 0.136. The van der Waals surface area contributed by atoms with Crippen LogP contribution in [0.2, 0.25) is 5.02 Å². The van der Waals surface area contributed by atoms with Crippen LogP contribution < -0.4 is 16.0 Å². The van der Waals surface area contributed by atoms with Crippen LogP contribution in [0, 0.1) is 5.92 Å². The van der Waals surface area contributed by atoms with E-state index in [0.29, 0.717) is 23.2 Å². The van der Waals surface area contributed by atoms with Crippen LogP contribution in [0.5, 0.6) is 0 Å².